The highest BCUT2D eigenvalue weighted by Gasteiger charge is 2.44. The van der Waals surface area contributed by atoms with Gasteiger partial charge in [-0.15, -0.1) is 0 Å². The number of rotatable bonds is 6. The van der Waals surface area contributed by atoms with E-state index in [1.165, 1.54) is 5.06 Å². The van der Waals surface area contributed by atoms with Gasteiger partial charge >= 0.3 is 12.0 Å². The molecule has 8 nitrogen and oxygen atoms in total. The zero-order chi connectivity index (χ0) is 15.4. The predicted molar refractivity (Wildman–Crippen MR) is 72.0 cm³/mol. The van der Waals surface area contributed by atoms with E-state index in [1.54, 1.807) is 11.8 Å². The number of urea groups is 1. The van der Waals surface area contributed by atoms with Crippen molar-refractivity contribution in [2.24, 2.45) is 0 Å². The quantitative estimate of drug-likeness (QED) is 0.691. The average molecular weight is 299 g/mol. The Bertz CT molecular complexity index is 428. The number of ether oxygens (including phenoxy) is 1. The SMILES string of the molecule is CCOC(=O)CNC(=O)CON1C(=O)N2CC1CC[C@H]2C. The molecule has 2 aliphatic rings. The Morgan fingerprint density at radius 1 is 1.38 bits per heavy atom. The number of amides is 3. The molecule has 0 radical (unpaired) electrons. The molecule has 2 bridgehead atoms. The van der Waals surface area contributed by atoms with E-state index in [2.05, 4.69) is 5.32 Å². The van der Waals surface area contributed by atoms with E-state index in [1.807, 2.05) is 6.92 Å². The van der Waals surface area contributed by atoms with Crippen molar-refractivity contribution in [3.8, 4) is 0 Å². The van der Waals surface area contributed by atoms with Crippen LogP contribution in [0.1, 0.15) is 26.7 Å². The molecule has 0 spiro atoms. The minimum Gasteiger partial charge on any atom is -0.465 e. The van der Waals surface area contributed by atoms with Gasteiger partial charge in [-0.25, -0.2) is 4.79 Å². The molecule has 0 aromatic rings. The largest absolute Gasteiger partial charge is 0.465 e. The second-order valence-electron chi connectivity index (χ2n) is 5.20. The summed E-state index contributed by atoms with van der Waals surface area (Å²) < 4.78 is 4.69. The highest BCUT2D eigenvalue weighted by atomic mass is 16.7. The molecule has 2 saturated heterocycles. The van der Waals surface area contributed by atoms with Crippen LogP contribution in [0.4, 0.5) is 4.79 Å². The maximum Gasteiger partial charge on any atom is 0.344 e. The van der Waals surface area contributed by atoms with Crippen molar-refractivity contribution in [1.29, 1.82) is 0 Å². The maximum atomic E-state index is 12.1. The summed E-state index contributed by atoms with van der Waals surface area (Å²) in [7, 11) is 0. The van der Waals surface area contributed by atoms with Crippen LogP contribution in [0.5, 0.6) is 0 Å². The molecule has 2 aliphatic heterocycles. The molecule has 3 amide bonds. The molecule has 2 heterocycles. The molecule has 1 N–H and O–H groups in total. The van der Waals surface area contributed by atoms with Crippen LogP contribution in [0.25, 0.3) is 0 Å². The van der Waals surface area contributed by atoms with Crippen LogP contribution in [0.15, 0.2) is 0 Å². The van der Waals surface area contributed by atoms with Crippen LogP contribution >= 0.6 is 0 Å². The van der Waals surface area contributed by atoms with Crippen molar-refractivity contribution < 1.29 is 24.0 Å². The van der Waals surface area contributed by atoms with Gasteiger partial charge in [0.15, 0.2) is 6.61 Å². The summed E-state index contributed by atoms with van der Waals surface area (Å²) in [6, 6.07) is 0.0229. The fourth-order valence-corrected chi connectivity index (χ4v) is 2.55. The van der Waals surface area contributed by atoms with E-state index in [9.17, 15) is 14.4 Å². The number of hydrogen-bond acceptors (Lipinski definition) is 5. The number of hydrogen-bond donors (Lipinski definition) is 1. The number of carbonyl (C=O) groups excluding carboxylic acids is 3. The Morgan fingerprint density at radius 2 is 2.14 bits per heavy atom. The Kier molecular flexibility index (Phi) is 5.00. The molecule has 118 valence electrons. The molecule has 2 atom stereocenters. The van der Waals surface area contributed by atoms with Crippen LogP contribution in [0.2, 0.25) is 0 Å². The molecule has 0 saturated carbocycles. The van der Waals surface area contributed by atoms with Crippen molar-refractivity contribution in [2.75, 3.05) is 26.3 Å². The first-order chi connectivity index (χ1) is 10.0. The number of carbonyl (C=O) groups is 3. The highest BCUT2D eigenvalue weighted by Crippen LogP contribution is 2.29. The predicted octanol–water partition coefficient (Wildman–Crippen LogP) is -0.114. The molecule has 8 heteroatoms. The molecule has 0 aromatic heterocycles. The summed E-state index contributed by atoms with van der Waals surface area (Å²) in [5.74, 6) is -0.959. The van der Waals surface area contributed by atoms with E-state index in [0.29, 0.717) is 6.54 Å². The smallest absolute Gasteiger partial charge is 0.344 e. The molecule has 1 unspecified atom stereocenters. The van der Waals surface area contributed by atoms with Gasteiger partial charge in [-0.05, 0) is 26.7 Å². The van der Waals surface area contributed by atoms with Gasteiger partial charge in [0.1, 0.15) is 6.54 Å². The first-order valence-corrected chi connectivity index (χ1v) is 7.18. The summed E-state index contributed by atoms with van der Waals surface area (Å²) in [4.78, 5) is 41.8. The van der Waals surface area contributed by atoms with Crippen molar-refractivity contribution >= 4 is 17.9 Å². The molecule has 21 heavy (non-hydrogen) atoms. The second-order valence-corrected chi connectivity index (χ2v) is 5.20. The van der Waals surface area contributed by atoms with Gasteiger partial charge in [-0.1, -0.05) is 0 Å². The molecule has 0 aromatic carbocycles. The maximum absolute atomic E-state index is 12.1. The average Bonchev–Trinajstić information content (AvgIpc) is 2.72. The van der Waals surface area contributed by atoms with Crippen molar-refractivity contribution in [3.63, 3.8) is 0 Å². The molecule has 0 aliphatic carbocycles. The van der Waals surface area contributed by atoms with Gasteiger partial charge in [-0.3, -0.25) is 14.4 Å². The van der Waals surface area contributed by atoms with Gasteiger partial charge in [0.25, 0.3) is 0 Å². The molecular formula is C13H21N3O5. The summed E-state index contributed by atoms with van der Waals surface area (Å²) in [6.45, 7) is 4.12. The summed E-state index contributed by atoms with van der Waals surface area (Å²) in [6.07, 6.45) is 1.80. The minimum atomic E-state index is -0.501. The fourth-order valence-electron chi connectivity index (χ4n) is 2.55. The van der Waals surface area contributed by atoms with Crippen LogP contribution in [0, 0.1) is 0 Å². The Balaban J connectivity index is 1.74. The summed E-state index contributed by atoms with van der Waals surface area (Å²) in [5.41, 5.74) is 0. The topological polar surface area (TPSA) is 88.2 Å². The number of hydroxylamine groups is 2. The minimum absolute atomic E-state index is 0.00607. The van der Waals surface area contributed by atoms with Crippen LogP contribution in [0.3, 0.4) is 0 Å². The Morgan fingerprint density at radius 3 is 2.81 bits per heavy atom. The summed E-state index contributed by atoms with van der Waals surface area (Å²) in [5, 5.41) is 3.67. The van der Waals surface area contributed by atoms with E-state index in [0.717, 1.165) is 12.8 Å². The molecule has 2 rings (SSSR count). The van der Waals surface area contributed by atoms with Gasteiger partial charge in [0.2, 0.25) is 5.91 Å². The Labute approximate surface area is 123 Å². The number of piperidine rings is 1. The summed E-state index contributed by atoms with van der Waals surface area (Å²) >= 11 is 0. The van der Waals surface area contributed by atoms with Crippen LogP contribution < -0.4 is 5.32 Å². The number of fused-ring (bicyclic) bond motifs is 2. The zero-order valence-electron chi connectivity index (χ0n) is 12.3. The third-order valence-electron chi connectivity index (χ3n) is 3.69. The lowest BCUT2D eigenvalue weighted by molar-refractivity contribution is -0.156. The van der Waals surface area contributed by atoms with E-state index >= 15 is 0 Å². The fraction of sp³-hybridized carbons (Fsp3) is 0.769. The van der Waals surface area contributed by atoms with Gasteiger partial charge in [0, 0.05) is 12.6 Å². The standard InChI is InChI=1S/C13H21N3O5/c1-3-20-12(18)6-14-11(17)8-21-16-10-5-4-9(2)15(7-10)13(16)19/h9-10H,3-8H2,1-2H3,(H,14,17)/t9-,10?/m1/s1. The second kappa shape index (κ2) is 6.75. The van der Waals surface area contributed by atoms with Gasteiger partial charge < -0.3 is 15.0 Å². The van der Waals surface area contributed by atoms with Crippen molar-refractivity contribution in [3.05, 3.63) is 0 Å². The normalized spacial score (nSPS) is 24.2. The van der Waals surface area contributed by atoms with Crippen LogP contribution in [-0.2, 0) is 19.2 Å². The Hall–Kier alpha value is -1.83. The van der Waals surface area contributed by atoms with Gasteiger partial charge in [0.05, 0.1) is 12.6 Å². The molecular weight excluding hydrogens is 278 g/mol. The lowest BCUT2D eigenvalue weighted by Gasteiger charge is -2.27. The van der Waals surface area contributed by atoms with E-state index in [-0.39, 0.29) is 37.9 Å². The lowest BCUT2D eigenvalue weighted by Crippen LogP contribution is -2.39. The number of nitrogens with one attached hydrogen (secondary N) is 1. The van der Waals surface area contributed by atoms with Gasteiger partial charge in [-0.2, -0.15) is 5.06 Å². The van der Waals surface area contributed by atoms with Crippen LogP contribution in [-0.4, -0.2) is 66.3 Å². The third kappa shape index (κ3) is 3.63. The van der Waals surface area contributed by atoms with E-state index in [4.69, 9.17) is 9.57 Å². The number of esters is 1. The van der Waals surface area contributed by atoms with E-state index < -0.39 is 11.9 Å². The number of nitrogens with zero attached hydrogens (tertiary/aromatic N) is 2. The zero-order valence-corrected chi connectivity index (χ0v) is 12.3. The first kappa shape index (κ1) is 15.6. The van der Waals surface area contributed by atoms with Crippen molar-refractivity contribution in [2.45, 2.75) is 38.8 Å². The third-order valence-corrected chi connectivity index (χ3v) is 3.69. The first-order valence-electron chi connectivity index (χ1n) is 7.18. The molecule has 2 fully saturated rings. The highest BCUT2D eigenvalue weighted by molar-refractivity contribution is 5.83. The van der Waals surface area contributed by atoms with Crippen molar-refractivity contribution in [1.82, 2.24) is 15.3 Å². The monoisotopic (exact) mass is 299 g/mol. The lowest BCUT2D eigenvalue weighted by atomic mass is 10.0.